The number of hydrogen-bond donors (Lipinski definition) is 2. The van der Waals surface area contributed by atoms with Gasteiger partial charge in [-0.25, -0.2) is 41.5 Å². The number of para-hydroxylation sites is 1. The maximum absolute atomic E-state index is 15.7. The van der Waals surface area contributed by atoms with Crippen molar-refractivity contribution in [3.8, 4) is 16.9 Å². The molecular weight excluding hydrogens is 617 g/mol. The van der Waals surface area contributed by atoms with E-state index in [9.17, 15) is 12.8 Å². The van der Waals surface area contributed by atoms with Crippen molar-refractivity contribution in [1.29, 1.82) is 0 Å². The molecule has 0 saturated carbocycles. The number of sulfonamides is 1. The minimum absolute atomic E-state index is 0.0360. The van der Waals surface area contributed by atoms with Crippen LogP contribution in [0.2, 0.25) is 0 Å². The lowest BCUT2D eigenvalue weighted by Crippen LogP contribution is -2.16. The highest BCUT2D eigenvalue weighted by atomic mass is 32.2. The lowest BCUT2D eigenvalue weighted by Gasteiger charge is -2.15. The van der Waals surface area contributed by atoms with Crippen molar-refractivity contribution in [3.63, 3.8) is 0 Å². The van der Waals surface area contributed by atoms with Gasteiger partial charge in [-0.15, -0.1) is 0 Å². The van der Waals surface area contributed by atoms with E-state index in [1.807, 2.05) is 30.3 Å². The van der Waals surface area contributed by atoms with Crippen molar-refractivity contribution in [2.24, 2.45) is 0 Å². The van der Waals surface area contributed by atoms with Gasteiger partial charge in [0, 0.05) is 29.1 Å². The highest BCUT2D eigenvalue weighted by molar-refractivity contribution is 7.92. The Morgan fingerprint density at radius 2 is 1.67 bits per heavy atom. The van der Waals surface area contributed by atoms with Gasteiger partial charge in [0.1, 0.15) is 41.3 Å². The van der Waals surface area contributed by atoms with Gasteiger partial charge in [-0.2, -0.15) is 0 Å². The molecule has 7 rings (SSSR count). The first-order valence-corrected chi connectivity index (χ1v) is 15.2. The van der Waals surface area contributed by atoms with Gasteiger partial charge in [0.25, 0.3) is 10.0 Å². The number of rotatable bonds is 7. The zero-order chi connectivity index (χ0) is 32.0. The van der Waals surface area contributed by atoms with Crippen LogP contribution in [0.15, 0.2) is 103 Å². The predicted octanol–water partition coefficient (Wildman–Crippen LogP) is 6.70. The number of benzene rings is 3. The van der Waals surface area contributed by atoms with Crippen LogP contribution in [0.3, 0.4) is 0 Å². The van der Waals surface area contributed by atoms with Crippen LogP contribution in [0, 0.1) is 24.4 Å². The molecule has 7 aromatic rings. The summed E-state index contributed by atoms with van der Waals surface area (Å²) in [5.74, 6) is -2.61. The molecule has 0 aliphatic carbocycles. The molecule has 0 spiro atoms. The first kappa shape index (κ1) is 28.9. The Kier molecular flexibility index (Phi) is 7.05. The average molecular weight is 639 g/mol. The molecule has 14 heteroatoms. The standard InChI is InChI=1S/C32H21F3N8O2S/c1-18-21(33)7-3-9-26(18)46(44,45)42-23-11-10-22(34)30(28(23)35)41-32-31-24(37-16-38-32)12-13-27(40-31)43-17-39-29-20(6-2-8-25(29)43)19-5-4-14-36-15-19/h2-17,42H,1H3,(H,37,38,41). The normalized spacial score (nSPS) is 11.7. The molecule has 10 nitrogen and oxygen atoms in total. The molecule has 0 fully saturated rings. The molecule has 0 amide bonds. The zero-order valence-corrected chi connectivity index (χ0v) is 24.6. The van der Waals surface area contributed by atoms with Crippen LogP contribution in [0.5, 0.6) is 0 Å². The summed E-state index contributed by atoms with van der Waals surface area (Å²) < 4.78 is 74.6. The quantitative estimate of drug-likeness (QED) is 0.198. The smallest absolute Gasteiger partial charge is 0.262 e. The molecule has 0 bridgehead atoms. The number of halogens is 3. The molecule has 228 valence electrons. The number of aromatic nitrogens is 6. The average Bonchev–Trinajstić information content (AvgIpc) is 3.50. The molecule has 0 aliphatic heterocycles. The highest BCUT2D eigenvalue weighted by Crippen LogP contribution is 2.33. The number of imidazole rings is 1. The second-order valence-electron chi connectivity index (χ2n) is 10.2. The molecular formula is C32H21F3N8O2S. The van der Waals surface area contributed by atoms with Gasteiger partial charge >= 0.3 is 0 Å². The summed E-state index contributed by atoms with van der Waals surface area (Å²) in [6.07, 6.45) is 6.26. The van der Waals surface area contributed by atoms with E-state index in [0.29, 0.717) is 11.3 Å². The summed E-state index contributed by atoms with van der Waals surface area (Å²) in [6.45, 7) is 1.28. The van der Waals surface area contributed by atoms with Gasteiger partial charge in [-0.3, -0.25) is 14.3 Å². The minimum Gasteiger partial charge on any atom is -0.333 e. The fourth-order valence-electron chi connectivity index (χ4n) is 5.08. The van der Waals surface area contributed by atoms with Gasteiger partial charge in [0.05, 0.1) is 27.1 Å². The van der Waals surface area contributed by atoms with Crippen LogP contribution >= 0.6 is 0 Å². The van der Waals surface area contributed by atoms with Crippen molar-refractivity contribution >= 4 is 49.3 Å². The van der Waals surface area contributed by atoms with E-state index in [-0.39, 0.29) is 21.8 Å². The van der Waals surface area contributed by atoms with E-state index in [2.05, 4.69) is 30.0 Å². The fraction of sp³-hybridized carbons (Fsp3) is 0.0312. The first-order chi connectivity index (χ1) is 22.2. The monoisotopic (exact) mass is 638 g/mol. The third-order valence-corrected chi connectivity index (χ3v) is 8.86. The molecule has 46 heavy (non-hydrogen) atoms. The highest BCUT2D eigenvalue weighted by Gasteiger charge is 2.23. The third-order valence-electron chi connectivity index (χ3n) is 7.35. The molecule has 2 N–H and O–H groups in total. The minimum atomic E-state index is -4.43. The largest absolute Gasteiger partial charge is 0.333 e. The van der Waals surface area contributed by atoms with Gasteiger partial charge in [-0.1, -0.05) is 24.3 Å². The van der Waals surface area contributed by atoms with Gasteiger partial charge in [0.2, 0.25) is 0 Å². The second kappa shape index (κ2) is 11.2. The summed E-state index contributed by atoms with van der Waals surface area (Å²) in [4.78, 5) is 21.5. The van der Waals surface area contributed by atoms with Crippen molar-refractivity contribution in [3.05, 3.63) is 121 Å². The summed E-state index contributed by atoms with van der Waals surface area (Å²) in [5.41, 5.74) is 2.42. The Morgan fingerprint density at radius 3 is 2.50 bits per heavy atom. The predicted molar refractivity (Wildman–Crippen MR) is 167 cm³/mol. The Bertz CT molecular complexity index is 2400. The molecule has 0 unspecified atom stereocenters. The van der Waals surface area contributed by atoms with Crippen molar-refractivity contribution in [2.75, 3.05) is 10.0 Å². The number of anilines is 3. The van der Waals surface area contributed by atoms with E-state index in [0.717, 1.165) is 40.4 Å². The molecule has 3 aromatic carbocycles. The zero-order valence-electron chi connectivity index (χ0n) is 23.8. The fourth-order valence-corrected chi connectivity index (χ4v) is 6.39. The Morgan fingerprint density at radius 1 is 0.826 bits per heavy atom. The lowest BCUT2D eigenvalue weighted by molar-refractivity contribution is 0.585. The molecule has 4 aromatic heterocycles. The van der Waals surface area contributed by atoms with Crippen molar-refractivity contribution < 1.29 is 21.6 Å². The molecule has 0 atom stereocenters. The van der Waals surface area contributed by atoms with Gasteiger partial charge < -0.3 is 5.32 Å². The third kappa shape index (κ3) is 5.03. The SMILES string of the molecule is Cc1c(F)cccc1S(=O)(=O)Nc1ccc(F)c(Nc2ncnc3ccc(-n4cnc5c(-c6cccnc6)cccc54)nc23)c1F. The van der Waals surface area contributed by atoms with Crippen LogP contribution in [-0.4, -0.2) is 37.9 Å². The number of hydrogen-bond acceptors (Lipinski definition) is 8. The second-order valence-corrected chi connectivity index (χ2v) is 11.8. The maximum atomic E-state index is 15.7. The lowest BCUT2D eigenvalue weighted by atomic mass is 10.1. The first-order valence-electron chi connectivity index (χ1n) is 13.7. The molecule has 0 saturated heterocycles. The van der Waals surface area contributed by atoms with E-state index < -0.39 is 38.8 Å². The summed E-state index contributed by atoms with van der Waals surface area (Å²) in [7, 11) is -4.43. The van der Waals surface area contributed by atoms with E-state index in [1.165, 1.54) is 25.4 Å². The summed E-state index contributed by atoms with van der Waals surface area (Å²) in [6, 6.07) is 18.2. The number of nitrogens with zero attached hydrogens (tertiary/aromatic N) is 6. The summed E-state index contributed by atoms with van der Waals surface area (Å²) >= 11 is 0. The number of nitrogens with one attached hydrogen (secondary N) is 2. The van der Waals surface area contributed by atoms with Crippen LogP contribution in [0.4, 0.5) is 30.4 Å². The topological polar surface area (TPSA) is 128 Å². The number of pyridine rings is 2. The van der Waals surface area contributed by atoms with E-state index >= 15 is 8.78 Å². The molecule has 0 radical (unpaired) electrons. The van der Waals surface area contributed by atoms with E-state index in [1.54, 1.807) is 35.4 Å². The molecule has 0 aliphatic rings. The Hall–Kier alpha value is -5.89. The van der Waals surface area contributed by atoms with E-state index in [4.69, 9.17) is 4.98 Å². The molecule has 4 heterocycles. The van der Waals surface area contributed by atoms with Crippen LogP contribution in [-0.2, 0) is 10.0 Å². The van der Waals surface area contributed by atoms with Gasteiger partial charge in [0.15, 0.2) is 11.6 Å². The summed E-state index contributed by atoms with van der Waals surface area (Å²) in [5, 5.41) is 2.62. The number of fused-ring (bicyclic) bond motifs is 2. The van der Waals surface area contributed by atoms with Crippen LogP contribution in [0.1, 0.15) is 5.56 Å². The van der Waals surface area contributed by atoms with Crippen molar-refractivity contribution in [1.82, 2.24) is 29.5 Å². The Balaban J connectivity index is 1.27. The Labute approximate surface area is 259 Å². The van der Waals surface area contributed by atoms with Gasteiger partial charge in [-0.05, 0) is 55.5 Å². The van der Waals surface area contributed by atoms with Crippen LogP contribution < -0.4 is 10.0 Å². The maximum Gasteiger partial charge on any atom is 0.262 e. The van der Waals surface area contributed by atoms with Crippen LogP contribution in [0.25, 0.3) is 39.0 Å². The van der Waals surface area contributed by atoms with Crippen molar-refractivity contribution in [2.45, 2.75) is 11.8 Å².